The van der Waals surface area contributed by atoms with Crippen molar-refractivity contribution in [1.29, 1.82) is 0 Å². The summed E-state index contributed by atoms with van der Waals surface area (Å²) in [5.41, 5.74) is 1.70. The predicted octanol–water partition coefficient (Wildman–Crippen LogP) is 0.809. The van der Waals surface area contributed by atoms with Gasteiger partial charge in [0.1, 0.15) is 0 Å². The summed E-state index contributed by atoms with van der Waals surface area (Å²) in [4.78, 5) is 13.7. The molecule has 104 valence electrons. The summed E-state index contributed by atoms with van der Waals surface area (Å²) in [5, 5.41) is 9.14. The lowest BCUT2D eigenvalue weighted by molar-refractivity contribution is 0.247. The van der Waals surface area contributed by atoms with Crippen molar-refractivity contribution in [3.05, 3.63) is 17.5 Å². The number of anilines is 1. The molecule has 5 nitrogen and oxygen atoms in total. The van der Waals surface area contributed by atoms with Crippen LogP contribution >= 0.6 is 0 Å². The Balaban J connectivity index is 1.59. The molecule has 1 aromatic heterocycles. The average molecular weight is 262 g/mol. The van der Waals surface area contributed by atoms with Crippen LogP contribution in [0.25, 0.3) is 0 Å². The molecule has 2 fully saturated rings. The van der Waals surface area contributed by atoms with E-state index in [2.05, 4.69) is 19.8 Å². The first kappa shape index (κ1) is 12.8. The van der Waals surface area contributed by atoms with E-state index >= 15 is 0 Å². The summed E-state index contributed by atoms with van der Waals surface area (Å²) in [6.45, 7) is 7.45. The van der Waals surface area contributed by atoms with Gasteiger partial charge in [0.2, 0.25) is 5.95 Å². The predicted molar refractivity (Wildman–Crippen MR) is 74.1 cm³/mol. The van der Waals surface area contributed by atoms with Crippen molar-refractivity contribution in [1.82, 2.24) is 14.9 Å². The van der Waals surface area contributed by atoms with Crippen LogP contribution in [0.3, 0.4) is 0 Å². The summed E-state index contributed by atoms with van der Waals surface area (Å²) in [5.74, 6) is 1.77. The number of aryl methyl sites for hydroxylation is 1. The SMILES string of the molecule is Cc1nc(N2CCN(CC3CC3)CC2)ncc1CO. The van der Waals surface area contributed by atoms with E-state index < -0.39 is 0 Å². The smallest absolute Gasteiger partial charge is 0.225 e. The van der Waals surface area contributed by atoms with E-state index in [0.717, 1.165) is 49.3 Å². The van der Waals surface area contributed by atoms with E-state index in [-0.39, 0.29) is 6.61 Å². The van der Waals surface area contributed by atoms with E-state index in [0.29, 0.717) is 0 Å². The third-order valence-corrected chi connectivity index (χ3v) is 4.11. The Morgan fingerprint density at radius 2 is 2.00 bits per heavy atom. The molecule has 1 aliphatic carbocycles. The molecule has 0 atom stereocenters. The second-order valence-corrected chi connectivity index (χ2v) is 5.67. The van der Waals surface area contributed by atoms with Gasteiger partial charge in [-0.05, 0) is 25.7 Å². The summed E-state index contributed by atoms with van der Waals surface area (Å²) >= 11 is 0. The summed E-state index contributed by atoms with van der Waals surface area (Å²) in [7, 11) is 0. The maximum Gasteiger partial charge on any atom is 0.225 e. The highest BCUT2D eigenvalue weighted by Gasteiger charge is 2.26. The van der Waals surface area contributed by atoms with Crippen LogP contribution in [0.4, 0.5) is 5.95 Å². The van der Waals surface area contributed by atoms with Crippen LogP contribution in [-0.2, 0) is 6.61 Å². The van der Waals surface area contributed by atoms with E-state index in [1.54, 1.807) is 6.20 Å². The molecule has 0 bridgehead atoms. The summed E-state index contributed by atoms with van der Waals surface area (Å²) in [6.07, 6.45) is 4.59. The molecule has 0 unspecified atom stereocenters. The van der Waals surface area contributed by atoms with Crippen molar-refractivity contribution in [2.75, 3.05) is 37.6 Å². The Morgan fingerprint density at radius 3 is 2.58 bits per heavy atom. The van der Waals surface area contributed by atoms with Crippen molar-refractivity contribution >= 4 is 5.95 Å². The van der Waals surface area contributed by atoms with Crippen molar-refractivity contribution in [3.8, 4) is 0 Å². The third-order valence-electron chi connectivity index (χ3n) is 4.11. The van der Waals surface area contributed by atoms with Gasteiger partial charge in [-0.15, -0.1) is 0 Å². The van der Waals surface area contributed by atoms with Gasteiger partial charge in [0.25, 0.3) is 0 Å². The van der Waals surface area contributed by atoms with Crippen LogP contribution in [0.2, 0.25) is 0 Å². The average Bonchev–Trinajstić information content (AvgIpc) is 3.23. The summed E-state index contributed by atoms with van der Waals surface area (Å²) < 4.78 is 0. The molecule has 19 heavy (non-hydrogen) atoms. The number of hydrogen-bond acceptors (Lipinski definition) is 5. The third kappa shape index (κ3) is 3.04. The number of nitrogens with zero attached hydrogens (tertiary/aromatic N) is 4. The maximum atomic E-state index is 9.14. The number of piperazine rings is 1. The molecule has 0 radical (unpaired) electrons. The van der Waals surface area contributed by atoms with Crippen LogP contribution in [0.1, 0.15) is 24.1 Å². The van der Waals surface area contributed by atoms with Gasteiger partial charge in [0, 0.05) is 50.2 Å². The number of aromatic nitrogens is 2. The summed E-state index contributed by atoms with van der Waals surface area (Å²) in [6, 6.07) is 0. The molecular formula is C14H22N4O. The first-order valence-corrected chi connectivity index (χ1v) is 7.17. The second-order valence-electron chi connectivity index (χ2n) is 5.67. The zero-order valence-corrected chi connectivity index (χ0v) is 11.5. The van der Waals surface area contributed by atoms with E-state index in [1.165, 1.54) is 19.4 Å². The van der Waals surface area contributed by atoms with Crippen LogP contribution in [-0.4, -0.2) is 52.7 Å². The molecule has 2 aliphatic rings. The quantitative estimate of drug-likeness (QED) is 0.870. The fourth-order valence-corrected chi connectivity index (χ4v) is 2.58. The molecule has 1 aliphatic heterocycles. The van der Waals surface area contributed by atoms with Gasteiger partial charge in [0.05, 0.1) is 6.61 Å². The van der Waals surface area contributed by atoms with E-state index in [9.17, 15) is 0 Å². The molecule has 5 heteroatoms. The largest absolute Gasteiger partial charge is 0.392 e. The molecule has 3 rings (SSSR count). The fraction of sp³-hybridized carbons (Fsp3) is 0.714. The molecule has 1 saturated carbocycles. The highest BCUT2D eigenvalue weighted by molar-refractivity contribution is 5.33. The highest BCUT2D eigenvalue weighted by Crippen LogP contribution is 2.30. The Bertz CT molecular complexity index is 439. The minimum atomic E-state index is 0.0152. The van der Waals surface area contributed by atoms with Gasteiger partial charge in [-0.25, -0.2) is 9.97 Å². The van der Waals surface area contributed by atoms with E-state index in [1.807, 2.05) is 6.92 Å². The van der Waals surface area contributed by atoms with Crippen molar-refractivity contribution in [3.63, 3.8) is 0 Å². The Kier molecular flexibility index (Phi) is 3.66. The molecule has 1 aromatic rings. The molecular weight excluding hydrogens is 240 g/mol. The van der Waals surface area contributed by atoms with Gasteiger partial charge in [-0.2, -0.15) is 0 Å². The first-order valence-electron chi connectivity index (χ1n) is 7.17. The van der Waals surface area contributed by atoms with Crippen LogP contribution in [0.5, 0.6) is 0 Å². The van der Waals surface area contributed by atoms with Gasteiger partial charge < -0.3 is 10.0 Å². The lowest BCUT2D eigenvalue weighted by Gasteiger charge is -2.34. The standard InChI is InChI=1S/C14H22N4O/c1-11-13(10-19)8-15-14(16-11)18-6-4-17(5-7-18)9-12-2-3-12/h8,12,19H,2-7,9-10H2,1H3. The molecule has 0 aromatic carbocycles. The Hall–Kier alpha value is -1.20. The lowest BCUT2D eigenvalue weighted by atomic mass is 10.2. The van der Waals surface area contributed by atoms with Gasteiger partial charge in [0.15, 0.2) is 0 Å². The van der Waals surface area contributed by atoms with Crippen molar-refractivity contribution < 1.29 is 5.11 Å². The fourth-order valence-electron chi connectivity index (χ4n) is 2.58. The first-order chi connectivity index (χ1) is 9.26. The lowest BCUT2D eigenvalue weighted by Crippen LogP contribution is -2.47. The number of hydrogen-bond donors (Lipinski definition) is 1. The topological polar surface area (TPSA) is 52.5 Å². The van der Waals surface area contributed by atoms with Gasteiger partial charge in [-0.1, -0.05) is 0 Å². The minimum absolute atomic E-state index is 0.0152. The van der Waals surface area contributed by atoms with Crippen molar-refractivity contribution in [2.24, 2.45) is 5.92 Å². The molecule has 0 spiro atoms. The zero-order valence-electron chi connectivity index (χ0n) is 11.5. The Labute approximate surface area is 114 Å². The van der Waals surface area contributed by atoms with Crippen LogP contribution in [0.15, 0.2) is 6.20 Å². The van der Waals surface area contributed by atoms with Gasteiger partial charge >= 0.3 is 0 Å². The Morgan fingerprint density at radius 1 is 1.26 bits per heavy atom. The number of aliphatic hydroxyl groups is 1. The number of aliphatic hydroxyl groups excluding tert-OH is 1. The highest BCUT2D eigenvalue weighted by atomic mass is 16.3. The van der Waals surface area contributed by atoms with Gasteiger partial charge in [-0.3, -0.25) is 4.90 Å². The second kappa shape index (κ2) is 5.43. The number of rotatable bonds is 4. The minimum Gasteiger partial charge on any atom is -0.392 e. The molecule has 2 heterocycles. The van der Waals surface area contributed by atoms with Crippen LogP contribution in [0, 0.1) is 12.8 Å². The molecule has 1 saturated heterocycles. The van der Waals surface area contributed by atoms with E-state index in [4.69, 9.17) is 5.11 Å². The molecule has 0 amide bonds. The van der Waals surface area contributed by atoms with Crippen molar-refractivity contribution in [2.45, 2.75) is 26.4 Å². The monoisotopic (exact) mass is 262 g/mol. The zero-order chi connectivity index (χ0) is 13.2. The van der Waals surface area contributed by atoms with Crippen LogP contribution < -0.4 is 4.90 Å². The normalized spacial score (nSPS) is 20.8. The molecule has 1 N–H and O–H groups in total. The maximum absolute atomic E-state index is 9.14.